The Morgan fingerprint density at radius 1 is 1.40 bits per heavy atom. The van der Waals surface area contributed by atoms with Crippen LogP contribution in [0.25, 0.3) is 0 Å². The summed E-state index contributed by atoms with van der Waals surface area (Å²) in [6.45, 7) is 14.7. The molecule has 2 rings (SSSR count). The lowest BCUT2D eigenvalue weighted by Gasteiger charge is -2.38. The Balaban J connectivity index is 2.19. The van der Waals surface area contributed by atoms with Gasteiger partial charge in [-0.3, -0.25) is 0 Å². The Bertz CT molecular complexity index is 302. The first-order valence-corrected chi connectivity index (χ1v) is 5.90. The monoisotopic (exact) mass is 206 g/mol. The molecule has 0 spiro atoms. The minimum atomic E-state index is 0.323. The van der Waals surface area contributed by atoms with Crippen molar-refractivity contribution < 1.29 is 4.74 Å². The Morgan fingerprint density at radius 2 is 2.07 bits per heavy atom. The molecule has 0 aliphatic heterocycles. The lowest BCUT2D eigenvalue weighted by Crippen LogP contribution is -2.36. The quantitative estimate of drug-likeness (QED) is 0.502. The van der Waals surface area contributed by atoms with Crippen LogP contribution in [0.1, 0.15) is 40.0 Å². The van der Waals surface area contributed by atoms with Gasteiger partial charge in [0.2, 0.25) is 0 Å². The summed E-state index contributed by atoms with van der Waals surface area (Å²) < 4.78 is 5.92. The zero-order chi connectivity index (χ0) is 11.3. The van der Waals surface area contributed by atoms with Crippen LogP contribution in [-0.2, 0) is 4.74 Å². The number of hydrogen-bond acceptors (Lipinski definition) is 1. The van der Waals surface area contributed by atoms with Gasteiger partial charge in [0.05, 0.1) is 0 Å². The van der Waals surface area contributed by atoms with Crippen LogP contribution >= 0.6 is 0 Å². The fourth-order valence-corrected chi connectivity index (χ4v) is 3.54. The second kappa shape index (κ2) is 3.13. The van der Waals surface area contributed by atoms with E-state index in [2.05, 4.69) is 33.9 Å². The van der Waals surface area contributed by atoms with E-state index in [0.717, 1.165) is 11.7 Å². The molecule has 0 heterocycles. The average molecular weight is 206 g/mol. The standard InChI is InChI=1S/C14H22O/c1-6-10(2)15-12-9-11-7-8-14(12,5)13(11,3)4/h6,11-12H,1-2,7-9H2,3-5H3. The van der Waals surface area contributed by atoms with Gasteiger partial charge in [0, 0.05) is 5.41 Å². The van der Waals surface area contributed by atoms with Gasteiger partial charge >= 0.3 is 0 Å². The van der Waals surface area contributed by atoms with Crippen molar-refractivity contribution >= 4 is 0 Å². The van der Waals surface area contributed by atoms with Gasteiger partial charge in [0.15, 0.2) is 0 Å². The van der Waals surface area contributed by atoms with Gasteiger partial charge in [-0.1, -0.05) is 33.9 Å². The summed E-state index contributed by atoms with van der Waals surface area (Å²) in [7, 11) is 0. The maximum absolute atomic E-state index is 5.92. The molecule has 0 aromatic heterocycles. The summed E-state index contributed by atoms with van der Waals surface area (Å²) in [5.74, 6) is 1.55. The maximum Gasteiger partial charge on any atom is 0.111 e. The summed E-state index contributed by atoms with van der Waals surface area (Å²) in [4.78, 5) is 0. The molecule has 2 aliphatic carbocycles. The lowest BCUT2D eigenvalue weighted by molar-refractivity contribution is -0.00724. The van der Waals surface area contributed by atoms with Crippen molar-refractivity contribution in [3.05, 3.63) is 25.0 Å². The molecular formula is C14H22O. The summed E-state index contributed by atoms with van der Waals surface area (Å²) in [5, 5.41) is 0. The Kier molecular flexibility index (Phi) is 2.25. The van der Waals surface area contributed by atoms with Crippen LogP contribution in [-0.4, -0.2) is 6.10 Å². The first kappa shape index (κ1) is 10.8. The van der Waals surface area contributed by atoms with Crippen molar-refractivity contribution in [2.45, 2.75) is 46.1 Å². The summed E-state index contributed by atoms with van der Waals surface area (Å²) >= 11 is 0. The van der Waals surface area contributed by atoms with Crippen LogP contribution in [0.2, 0.25) is 0 Å². The molecule has 1 heteroatoms. The highest BCUT2D eigenvalue weighted by Gasteiger charge is 2.62. The van der Waals surface area contributed by atoms with Gasteiger partial charge in [-0.05, 0) is 36.7 Å². The molecule has 0 aromatic carbocycles. The molecule has 2 fully saturated rings. The number of allylic oxidation sites excluding steroid dienone is 1. The van der Waals surface area contributed by atoms with E-state index < -0.39 is 0 Å². The third-order valence-corrected chi connectivity index (χ3v) is 5.24. The molecule has 3 unspecified atom stereocenters. The molecule has 0 aromatic rings. The van der Waals surface area contributed by atoms with Crippen molar-refractivity contribution in [3.8, 4) is 0 Å². The predicted molar refractivity (Wildman–Crippen MR) is 63.4 cm³/mol. The predicted octanol–water partition coefficient (Wildman–Crippen LogP) is 3.92. The lowest BCUT2D eigenvalue weighted by atomic mass is 9.70. The van der Waals surface area contributed by atoms with Crippen molar-refractivity contribution in [2.75, 3.05) is 0 Å². The van der Waals surface area contributed by atoms with Gasteiger partial charge < -0.3 is 4.74 Å². The van der Waals surface area contributed by atoms with Crippen molar-refractivity contribution in [1.29, 1.82) is 0 Å². The molecule has 15 heavy (non-hydrogen) atoms. The fraction of sp³-hybridized carbons (Fsp3) is 0.714. The van der Waals surface area contributed by atoms with Gasteiger partial charge in [0.25, 0.3) is 0 Å². The summed E-state index contributed by atoms with van der Waals surface area (Å²) in [6.07, 6.45) is 5.90. The molecule has 0 N–H and O–H groups in total. The first-order chi connectivity index (χ1) is 6.91. The van der Waals surface area contributed by atoms with Crippen LogP contribution in [0.5, 0.6) is 0 Å². The average Bonchev–Trinajstić information content (AvgIpc) is 2.50. The fourth-order valence-electron chi connectivity index (χ4n) is 3.54. The molecule has 2 aliphatic rings. The van der Waals surface area contributed by atoms with Crippen LogP contribution in [0, 0.1) is 16.7 Å². The molecular weight excluding hydrogens is 184 g/mol. The summed E-state index contributed by atoms with van der Waals surface area (Å²) in [5.41, 5.74) is 0.739. The largest absolute Gasteiger partial charge is 0.490 e. The van der Waals surface area contributed by atoms with Crippen molar-refractivity contribution in [1.82, 2.24) is 0 Å². The van der Waals surface area contributed by atoms with Crippen LogP contribution in [0.4, 0.5) is 0 Å². The van der Waals surface area contributed by atoms with E-state index in [1.54, 1.807) is 6.08 Å². The SMILES string of the molecule is C=CC(=C)OC1CC2CCC1(C)C2(C)C. The Hall–Kier alpha value is -0.720. The third-order valence-electron chi connectivity index (χ3n) is 5.24. The highest BCUT2D eigenvalue weighted by molar-refractivity contribution is 5.13. The van der Waals surface area contributed by atoms with Crippen LogP contribution in [0.15, 0.2) is 25.0 Å². The molecule has 2 saturated carbocycles. The maximum atomic E-state index is 5.92. The number of hydrogen-bond donors (Lipinski definition) is 0. The van der Waals surface area contributed by atoms with Crippen molar-refractivity contribution in [2.24, 2.45) is 16.7 Å². The molecule has 84 valence electrons. The normalized spacial score (nSPS) is 41.5. The zero-order valence-electron chi connectivity index (χ0n) is 10.2. The number of rotatable bonds is 3. The molecule has 0 amide bonds. The molecule has 3 atom stereocenters. The van der Waals surface area contributed by atoms with E-state index >= 15 is 0 Å². The van der Waals surface area contributed by atoms with Gasteiger partial charge in [0.1, 0.15) is 11.9 Å². The van der Waals surface area contributed by atoms with E-state index in [9.17, 15) is 0 Å². The highest BCUT2D eigenvalue weighted by Crippen LogP contribution is 2.66. The topological polar surface area (TPSA) is 9.23 Å². The second-order valence-corrected chi connectivity index (χ2v) is 5.89. The summed E-state index contributed by atoms with van der Waals surface area (Å²) in [6, 6.07) is 0. The number of fused-ring (bicyclic) bond motifs is 2. The molecule has 0 saturated heterocycles. The molecule has 2 bridgehead atoms. The van der Waals surface area contributed by atoms with Gasteiger partial charge in [-0.25, -0.2) is 0 Å². The van der Waals surface area contributed by atoms with Gasteiger partial charge in [-0.15, -0.1) is 0 Å². The highest BCUT2D eigenvalue weighted by atomic mass is 16.5. The van der Waals surface area contributed by atoms with E-state index in [0.29, 0.717) is 16.9 Å². The van der Waals surface area contributed by atoms with E-state index in [1.807, 2.05) is 0 Å². The number of ether oxygens (including phenoxy) is 1. The third kappa shape index (κ3) is 1.28. The van der Waals surface area contributed by atoms with Gasteiger partial charge in [-0.2, -0.15) is 0 Å². The van der Waals surface area contributed by atoms with E-state index in [-0.39, 0.29) is 0 Å². The Morgan fingerprint density at radius 3 is 2.47 bits per heavy atom. The minimum absolute atomic E-state index is 0.323. The van der Waals surface area contributed by atoms with Crippen LogP contribution in [0.3, 0.4) is 0 Å². The first-order valence-electron chi connectivity index (χ1n) is 5.90. The minimum Gasteiger partial charge on any atom is -0.490 e. The zero-order valence-corrected chi connectivity index (χ0v) is 10.2. The van der Waals surface area contributed by atoms with Crippen molar-refractivity contribution in [3.63, 3.8) is 0 Å². The van der Waals surface area contributed by atoms with Crippen LogP contribution < -0.4 is 0 Å². The molecule has 1 nitrogen and oxygen atoms in total. The molecule has 0 radical (unpaired) electrons. The van der Waals surface area contributed by atoms with E-state index in [1.165, 1.54) is 19.3 Å². The Labute approximate surface area is 93.2 Å². The van der Waals surface area contributed by atoms with E-state index in [4.69, 9.17) is 4.74 Å². The second-order valence-electron chi connectivity index (χ2n) is 5.89. The smallest absolute Gasteiger partial charge is 0.111 e.